The van der Waals surface area contributed by atoms with Crippen molar-refractivity contribution in [2.24, 2.45) is 5.92 Å². The van der Waals surface area contributed by atoms with Crippen LogP contribution in [0.4, 0.5) is 0 Å². The molecule has 1 saturated carbocycles. The molecule has 0 bridgehead atoms. The molecule has 8 nitrogen and oxygen atoms in total. The molecule has 3 aromatic rings. The Labute approximate surface area is 278 Å². The van der Waals surface area contributed by atoms with Crippen molar-refractivity contribution in [1.82, 2.24) is 0 Å². The molecule has 0 spiro atoms. The zero-order chi connectivity index (χ0) is 33.4. The molecule has 4 rings (SSSR count). The number of benzene rings is 3. The van der Waals surface area contributed by atoms with Crippen LogP contribution in [-0.2, 0) is 28.5 Å². The summed E-state index contributed by atoms with van der Waals surface area (Å²) in [7, 11) is 1.50. The summed E-state index contributed by atoms with van der Waals surface area (Å²) in [4.78, 5) is 23.1. The van der Waals surface area contributed by atoms with Crippen LogP contribution in [0.25, 0.3) is 22.3 Å². The average Bonchev–Trinajstić information content (AvgIpc) is 3.11. The molecule has 0 radical (unpaired) electrons. The molecule has 1 aliphatic carbocycles. The third-order valence-electron chi connectivity index (χ3n) is 8.20. The van der Waals surface area contributed by atoms with Crippen molar-refractivity contribution in [2.75, 3.05) is 53.4 Å². The van der Waals surface area contributed by atoms with Gasteiger partial charge in [-0.2, -0.15) is 0 Å². The Bertz CT molecular complexity index is 1450. The van der Waals surface area contributed by atoms with Gasteiger partial charge >= 0.3 is 11.9 Å². The Morgan fingerprint density at radius 3 is 1.98 bits per heavy atom. The molecule has 0 aliphatic heterocycles. The second-order valence-corrected chi connectivity index (χ2v) is 11.5. The van der Waals surface area contributed by atoms with Gasteiger partial charge in [-0.25, -0.2) is 9.59 Å². The summed E-state index contributed by atoms with van der Waals surface area (Å²) < 4.78 is 32.4. The van der Waals surface area contributed by atoms with Crippen molar-refractivity contribution in [2.45, 2.75) is 38.5 Å². The third kappa shape index (κ3) is 10.8. The summed E-state index contributed by atoms with van der Waals surface area (Å²) >= 11 is 0. The van der Waals surface area contributed by atoms with Gasteiger partial charge in [0.1, 0.15) is 37.9 Å². The Balaban J connectivity index is 1.45. The maximum Gasteiger partial charge on any atom is 0.335 e. The van der Waals surface area contributed by atoms with Crippen molar-refractivity contribution >= 4 is 11.9 Å². The van der Waals surface area contributed by atoms with E-state index in [0.717, 1.165) is 67.4 Å². The zero-order valence-corrected chi connectivity index (χ0v) is 27.5. The lowest BCUT2D eigenvalue weighted by molar-refractivity contribution is -0.140. The number of ether oxygens (including phenoxy) is 6. The fraction of sp³-hybridized carbons (Fsp3) is 0.385. The van der Waals surface area contributed by atoms with Crippen LogP contribution in [0.15, 0.2) is 91.5 Å². The highest BCUT2D eigenvalue weighted by atomic mass is 16.6. The van der Waals surface area contributed by atoms with Crippen molar-refractivity contribution in [3.05, 3.63) is 97.1 Å². The van der Waals surface area contributed by atoms with Crippen molar-refractivity contribution < 1.29 is 38.0 Å². The van der Waals surface area contributed by atoms with Crippen molar-refractivity contribution in [3.8, 4) is 33.8 Å². The second kappa shape index (κ2) is 18.7. The maximum absolute atomic E-state index is 11.9. The fourth-order valence-corrected chi connectivity index (χ4v) is 5.73. The van der Waals surface area contributed by atoms with E-state index in [1.165, 1.54) is 18.2 Å². The van der Waals surface area contributed by atoms with E-state index in [9.17, 15) is 9.59 Å². The van der Waals surface area contributed by atoms with Gasteiger partial charge in [-0.1, -0.05) is 55.6 Å². The lowest BCUT2D eigenvalue weighted by Gasteiger charge is -2.30. The van der Waals surface area contributed by atoms with Gasteiger partial charge < -0.3 is 28.4 Å². The molecule has 0 atom stereocenters. The zero-order valence-electron chi connectivity index (χ0n) is 27.5. The third-order valence-corrected chi connectivity index (χ3v) is 8.20. The first-order valence-corrected chi connectivity index (χ1v) is 16.2. The summed E-state index contributed by atoms with van der Waals surface area (Å²) in [6.45, 7) is 11.6. The average molecular weight is 643 g/mol. The minimum absolute atomic E-state index is 0.124. The largest absolute Gasteiger partial charge is 0.490 e. The fourth-order valence-electron chi connectivity index (χ4n) is 5.73. The van der Waals surface area contributed by atoms with Crippen molar-refractivity contribution in [1.29, 1.82) is 0 Å². The van der Waals surface area contributed by atoms with E-state index < -0.39 is 11.9 Å². The lowest BCUT2D eigenvalue weighted by Crippen LogP contribution is -2.18. The molecule has 47 heavy (non-hydrogen) atoms. The first-order valence-electron chi connectivity index (χ1n) is 16.2. The van der Waals surface area contributed by atoms with Gasteiger partial charge in [-0.15, -0.1) is 0 Å². The van der Waals surface area contributed by atoms with Gasteiger partial charge in [-0.05, 0) is 96.5 Å². The van der Waals surface area contributed by atoms with E-state index in [4.69, 9.17) is 28.4 Å². The van der Waals surface area contributed by atoms with E-state index in [1.807, 2.05) is 24.3 Å². The SMILES string of the molecule is C=CC(=O)OCCOc1ccc(-c2ccc(-c3ccc(OCCOC(=O)C(=C)COC)cc3)cc2C2CCC(COCC)CC2)cc1. The normalized spacial score (nSPS) is 15.8. The number of hydrogen-bond donors (Lipinski definition) is 0. The molecule has 0 aromatic heterocycles. The highest BCUT2D eigenvalue weighted by Crippen LogP contribution is 2.42. The van der Waals surface area contributed by atoms with Gasteiger partial charge in [-0.3, -0.25) is 0 Å². The molecular formula is C39H46O8. The molecular weight excluding hydrogens is 596 g/mol. The number of carbonyl (C=O) groups is 2. The number of methoxy groups -OCH3 is 1. The molecule has 250 valence electrons. The summed E-state index contributed by atoms with van der Waals surface area (Å²) in [5.74, 6) is 1.53. The van der Waals surface area contributed by atoms with E-state index in [-0.39, 0.29) is 38.6 Å². The summed E-state index contributed by atoms with van der Waals surface area (Å²) in [5.41, 5.74) is 6.21. The Morgan fingerprint density at radius 2 is 1.38 bits per heavy atom. The molecule has 0 amide bonds. The Morgan fingerprint density at radius 1 is 0.787 bits per heavy atom. The van der Waals surface area contributed by atoms with E-state index in [1.54, 1.807) is 0 Å². The highest BCUT2D eigenvalue weighted by molar-refractivity contribution is 5.88. The van der Waals surface area contributed by atoms with E-state index >= 15 is 0 Å². The van der Waals surface area contributed by atoms with E-state index in [2.05, 4.69) is 62.5 Å². The summed E-state index contributed by atoms with van der Waals surface area (Å²) in [6.07, 6.45) is 5.68. The topological polar surface area (TPSA) is 89.5 Å². The van der Waals surface area contributed by atoms with Crippen LogP contribution >= 0.6 is 0 Å². The van der Waals surface area contributed by atoms with Crippen LogP contribution in [0.2, 0.25) is 0 Å². The number of hydrogen-bond acceptors (Lipinski definition) is 8. The lowest BCUT2D eigenvalue weighted by atomic mass is 9.76. The van der Waals surface area contributed by atoms with Crippen LogP contribution in [-0.4, -0.2) is 65.3 Å². The van der Waals surface area contributed by atoms with Gasteiger partial charge in [0.05, 0.1) is 12.2 Å². The summed E-state index contributed by atoms with van der Waals surface area (Å²) in [5, 5.41) is 0. The molecule has 3 aromatic carbocycles. The summed E-state index contributed by atoms with van der Waals surface area (Å²) in [6, 6.07) is 22.8. The molecule has 1 aliphatic rings. The molecule has 0 saturated heterocycles. The first kappa shape index (κ1) is 35.5. The number of rotatable bonds is 18. The monoisotopic (exact) mass is 642 g/mol. The predicted molar refractivity (Wildman–Crippen MR) is 183 cm³/mol. The first-order chi connectivity index (χ1) is 22.9. The van der Waals surface area contributed by atoms with E-state index in [0.29, 0.717) is 17.6 Å². The van der Waals surface area contributed by atoms with Crippen LogP contribution in [0.3, 0.4) is 0 Å². The van der Waals surface area contributed by atoms with Gasteiger partial charge in [0, 0.05) is 26.4 Å². The number of carbonyl (C=O) groups excluding carboxylic acids is 2. The second-order valence-electron chi connectivity index (χ2n) is 11.5. The maximum atomic E-state index is 11.9. The predicted octanol–water partition coefficient (Wildman–Crippen LogP) is 7.56. The molecule has 0 heterocycles. The van der Waals surface area contributed by atoms with Gasteiger partial charge in [0.15, 0.2) is 0 Å². The molecule has 0 N–H and O–H groups in total. The van der Waals surface area contributed by atoms with Crippen LogP contribution in [0, 0.1) is 5.92 Å². The highest BCUT2D eigenvalue weighted by Gasteiger charge is 2.25. The Kier molecular flexibility index (Phi) is 14.1. The van der Waals surface area contributed by atoms with Crippen LogP contribution in [0.5, 0.6) is 11.5 Å². The minimum Gasteiger partial charge on any atom is -0.490 e. The molecule has 1 fully saturated rings. The van der Waals surface area contributed by atoms with Crippen molar-refractivity contribution in [3.63, 3.8) is 0 Å². The van der Waals surface area contributed by atoms with Gasteiger partial charge in [0.2, 0.25) is 0 Å². The molecule has 8 heteroatoms. The Hall–Kier alpha value is -4.40. The number of esters is 2. The molecule has 0 unspecified atom stereocenters. The minimum atomic E-state index is -0.485. The van der Waals surface area contributed by atoms with Crippen LogP contribution < -0.4 is 9.47 Å². The smallest absolute Gasteiger partial charge is 0.335 e. The quantitative estimate of drug-likeness (QED) is 0.0798. The van der Waals surface area contributed by atoms with Crippen LogP contribution in [0.1, 0.15) is 44.1 Å². The standard InChI is InChI=1S/C39H46O8/c1-5-38(40)46-23-21-44-35-18-13-31(14-19-35)36-20-15-33(25-37(36)32-9-7-29(8-10-32)27-43-6-2)30-11-16-34(17-12-30)45-22-24-47-39(41)28(3)26-42-4/h5,11-20,25,29,32H,1,3,6-10,21-24,26-27H2,2,4H3. The van der Waals surface area contributed by atoms with Gasteiger partial charge in [0.25, 0.3) is 0 Å².